The summed E-state index contributed by atoms with van der Waals surface area (Å²) in [6.07, 6.45) is 3.66. The van der Waals surface area contributed by atoms with Gasteiger partial charge in [0.2, 0.25) is 0 Å². The van der Waals surface area contributed by atoms with Gasteiger partial charge in [-0.1, -0.05) is 66.2 Å². The number of rotatable bonds is 6. The Labute approximate surface area is 254 Å². The number of para-hydroxylation sites is 3. The van der Waals surface area contributed by atoms with Gasteiger partial charge in [0.15, 0.2) is 11.6 Å². The van der Waals surface area contributed by atoms with E-state index < -0.39 is 0 Å². The minimum atomic E-state index is -0.360. The highest BCUT2D eigenvalue weighted by atomic mass is 35.5. The Morgan fingerprint density at radius 2 is 1.28 bits per heavy atom. The number of fused-ring (bicyclic) bond motifs is 2. The van der Waals surface area contributed by atoms with Crippen LogP contribution in [-0.2, 0) is 6.54 Å². The topological polar surface area (TPSA) is 59.2 Å². The first-order chi connectivity index (χ1) is 21.0. The van der Waals surface area contributed by atoms with Crippen LogP contribution in [0.3, 0.4) is 0 Å². The Hall–Kier alpha value is -5.14. The molecule has 0 radical (unpaired) electrons. The summed E-state index contributed by atoms with van der Waals surface area (Å²) in [4.78, 5) is 28.4. The van der Waals surface area contributed by atoms with Gasteiger partial charge in [-0.3, -0.25) is 19.3 Å². The summed E-state index contributed by atoms with van der Waals surface area (Å²) >= 11 is 6.36. The maximum atomic E-state index is 13.9. The molecule has 0 aliphatic carbocycles. The third-order valence-corrected chi connectivity index (χ3v) is 8.06. The Balaban J connectivity index is 1.44. The summed E-state index contributed by atoms with van der Waals surface area (Å²) in [6.45, 7) is 4.71. The van der Waals surface area contributed by atoms with Crippen LogP contribution >= 0.6 is 11.6 Å². The Kier molecular flexibility index (Phi) is 6.80. The van der Waals surface area contributed by atoms with Gasteiger partial charge >= 0.3 is 0 Å². The molecule has 1 atom stereocenters. The SMILES string of the molecule is CCn1c(C)c(/C=C/C2N(c3ccccc3)c3nc4ccc(Cl)cc4nc3N2c2ccccc2)c(=O)n1-c1ccccc1. The second-order valence-electron chi connectivity index (χ2n) is 10.4. The largest absolute Gasteiger partial charge is 0.298 e. The summed E-state index contributed by atoms with van der Waals surface area (Å²) < 4.78 is 3.77. The maximum Gasteiger partial charge on any atom is 0.278 e. The third-order valence-electron chi connectivity index (χ3n) is 7.82. The lowest BCUT2D eigenvalue weighted by Gasteiger charge is -2.30. The van der Waals surface area contributed by atoms with Gasteiger partial charge in [-0.25, -0.2) is 14.6 Å². The van der Waals surface area contributed by atoms with Crippen molar-refractivity contribution in [3.8, 4) is 5.69 Å². The second kappa shape index (κ2) is 10.9. The predicted octanol–water partition coefficient (Wildman–Crippen LogP) is 7.89. The van der Waals surface area contributed by atoms with Crippen LogP contribution in [0.25, 0.3) is 22.8 Å². The molecule has 0 fully saturated rings. The van der Waals surface area contributed by atoms with E-state index in [9.17, 15) is 4.79 Å². The van der Waals surface area contributed by atoms with Crippen molar-refractivity contribution < 1.29 is 0 Å². The van der Waals surface area contributed by atoms with Crippen LogP contribution in [0.1, 0.15) is 18.2 Å². The first kappa shape index (κ1) is 26.7. The normalized spacial score (nSPS) is 14.6. The van der Waals surface area contributed by atoms with Gasteiger partial charge in [0.1, 0.15) is 6.17 Å². The van der Waals surface area contributed by atoms with E-state index in [1.165, 1.54) is 0 Å². The minimum absolute atomic E-state index is 0.0635. The lowest BCUT2D eigenvalue weighted by Crippen LogP contribution is -2.36. The van der Waals surface area contributed by atoms with E-state index >= 15 is 0 Å². The van der Waals surface area contributed by atoms with E-state index in [2.05, 4.69) is 47.1 Å². The summed E-state index contributed by atoms with van der Waals surface area (Å²) in [7, 11) is 0. The maximum absolute atomic E-state index is 13.9. The van der Waals surface area contributed by atoms with Crippen molar-refractivity contribution in [2.45, 2.75) is 26.6 Å². The fourth-order valence-corrected chi connectivity index (χ4v) is 6.01. The summed E-state index contributed by atoms with van der Waals surface area (Å²) in [6, 6.07) is 35.6. The molecule has 43 heavy (non-hydrogen) atoms. The second-order valence-corrected chi connectivity index (χ2v) is 10.8. The number of hydrogen-bond acceptors (Lipinski definition) is 5. The number of benzene rings is 4. The molecular weight excluding hydrogens is 556 g/mol. The van der Waals surface area contributed by atoms with E-state index in [4.69, 9.17) is 21.6 Å². The lowest BCUT2D eigenvalue weighted by molar-refractivity contribution is 0.559. The molecule has 1 unspecified atom stereocenters. The van der Waals surface area contributed by atoms with Crippen molar-refractivity contribution in [3.63, 3.8) is 0 Å². The molecule has 1 aliphatic heterocycles. The number of nitrogens with zero attached hydrogens (tertiary/aromatic N) is 6. The van der Waals surface area contributed by atoms with Gasteiger partial charge in [-0.15, -0.1) is 0 Å². The van der Waals surface area contributed by atoms with E-state index in [-0.39, 0.29) is 11.7 Å². The molecule has 212 valence electrons. The van der Waals surface area contributed by atoms with Crippen LogP contribution < -0.4 is 15.4 Å². The molecule has 4 aromatic carbocycles. The smallest absolute Gasteiger partial charge is 0.278 e. The molecule has 3 heterocycles. The van der Waals surface area contributed by atoms with Gasteiger partial charge in [0.05, 0.1) is 22.3 Å². The Morgan fingerprint density at radius 1 is 0.744 bits per heavy atom. The molecule has 0 saturated heterocycles. The van der Waals surface area contributed by atoms with Crippen LogP contribution in [0.4, 0.5) is 23.0 Å². The Bertz CT molecular complexity index is 2020. The van der Waals surface area contributed by atoms with E-state index in [1.807, 2.05) is 103 Å². The predicted molar refractivity (Wildman–Crippen MR) is 175 cm³/mol. The molecular formula is C35H29ClN6O. The van der Waals surface area contributed by atoms with Crippen molar-refractivity contribution in [3.05, 3.63) is 142 Å². The molecule has 0 spiro atoms. The molecule has 0 N–H and O–H groups in total. The molecule has 6 aromatic rings. The third kappa shape index (κ3) is 4.58. The van der Waals surface area contributed by atoms with E-state index in [1.54, 1.807) is 4.68 Å². The number of anilines is 4. The van der Waals surface area contributed by atoms with Gasteiger partial charge in [0, 0.05) is 28.6 Å². The molecule has 0 amide bonds. The van der Waals surface area contributed by atoms with Gasteiger partial charge in [-0.2, -0.15) is 0 Å². The number of halogens is 1. The van der Waals surface area contributed by atoms with Crippen molar-refractivity contribution in [1.29, 1.82) is 0 Å². The fourth-order valence-electron chi connectivity index (χ4n) is 5.84. The molecule has 8 heteroatoms. The van der Waals surface area contributed by atoms with Crippen molar-refractivity contribution in [2.75, 3.05) is 9.80 Å². The van der Waals surface area contributed by atoms with Crippen LogP contribution in [0.15, 0.2) is 120 Å². The zero-order valence-corrected chi connectivity index (χ0v) is 24.6. The molecule has 2 aromatic heterocycles. The molecule has 0 saturated carbocycles. The highest BCUT2D eigenvalue weighted by Crippen LogP contribution is 2.46. The van der Waals surface area contributed by atoms with Gasteiger partial charge in [0.25, 0.3) is 5.56 Å². The molecule has 0 bridgehead atoms. The van der Waals surface area contributed by atoms with Crippen LogP contribution in [0.5, 0.6) is 0 Å². The molecule has 7 nitrogen and oxygen atoms in total. The first-order valence-corrected chi connectivity index (χ1v) is 14.6. The summed E-state index contributed by atoms with van der Waals surface area (Å²) in [5.41, 5.74) is 5.70. The standard InChI is InChI=1S/C35H29ClN6O/c1-3-39-24(2)29(35(43)42(39)28-17-11-6-12-18-28)20-22-32-40(26-13-7-4-8-14-26)33-34(41(32)27-15-9-5-10-16-27)38-31-23-25(36)19-21-30(31)37-33/h4-23,32H,3H2,1-2H3/b22-20+. The first-order valence-electron chi connectivity index (χ1n) is 14.3. The lowest BCUT2D eigenvalue weighted by atomic mass is 10.2. The van der Waals surface area contributed by atoms with Crippen molar-refractivity contribution in [2.24, 2.45) is 0 Å². The molecule has 7 rings (SSSR count). The number of hydrogen-bond donors (Lipinski definition) is 0. The van der Waals surface area contributed by atoms with Crippen molar-refractivity contribution in [1.82, 2.24) is 19.3 Å². The molecule has 1 aliphatic rings. The van der Waals surface area contributed by atoms with E-state index in [0.29, 0.717) is 28.5 Å². The Morgan fingerprint density at radius 3 is 1.84 bits per heavy atom. The quantitative estimate of drug-likeness (QED) is 0.199. The highest BCUT2D eigenvalue weighted by Gasteiger charge is 2.39. The average molecular weight is 585 g/mol. The summed E-state index contributed by atoms with van der Waals surface area (Å²) in [5, 5.41) is 0.605. The van der Waals surface area contributed by atoms with Crippen LogP contribution in [0.2, 0.25) is 5.02 Å². The van der Waals surface area contributed by atoms with Gasteiger partial charge in [-0.05, 0) is 80.6 Å². The van der Waals surface area contributed by atoms with Crippen LogP contribution in [0, 0.1) is 6.92 Å². The summed E-state index contributed by atoms with van der Waals surface area (Å²) in [5.74, 6) is 1.44. The van der Waals surface area contributed by atoms with Crippen molar-refractivity contribution >= 4 is 51.7 Å². The zero-order chi connectivity index (χ0) is 29.5. The fraction of sp³-hybridized carbons (Fsp3) is 0.114. The highest BCUT2D eigenvalue weighted by molar-refractivity contribution is 6.31. The average Bonchev–Trinajstić information content (AvgIpc) is 3.48. The van der Waals surface area contributed by atoms with Crippen LogP contribution in [-0.4, -0.2) is 25.5 Å². The minimum Gasteiger partial charge on any atom is -0.298 e. The monoisotopic (exact) mass is 584 g/mol. The zero-order valence-electron chi connectivity index (χ0n) is 23.8. The van der Waals surface area contributed by atoms with Gasteiger partial charge < -0.3 is 0 Å². The number of aromatic nitrogens is 4. The van der Waals surface area contributed by atoms with E-state index in [0.717, 1.165) is 34.1 Å².